The van der Waals surface area contributed by atoms with Crippen LogP contribution in [-0.2, 0) is 4.79 Å². The van der Waals surface area contributed by atoms with Crippen LogP contribution in [0.2, 0.25) is 0 Å². The smallest absolute Gasteiger partial charge is 0.267 e. The lowest BCUT2D eigenvalue weighted by atomic mass is 10.1. The average molecular weight is 252 g/mol. The molecule has 2 rings (SSSR count). The molecule has 2 N–H and O–H groups in total. The van der Waals surface area contributed by atoms with Crippen molar-refractivity contribution in [3.63, 3.8) is 0 Å². The molecule has 0 radical (unpaired) electrons. The van der Waals surface area contributed by atoms with E-state index in [-0.39, 0.29) is 5.91 Å². The lowest BCUT2D eigenvalue weighted by Crippen LogP contribution is -2.45. The maximum atomic E-state index is 12.0. The van der Waals surface area contributed by atoms with Gasteiger partial charge >= 0.3 is 0 Å². The summed E-state index contributed by atoms with van der Waals surface area (Å²) >= 11 is 1.72. The highest BCUT2D eigenvalue weighted by Gasteiger charge is 2.30. The van der Waals surface area contributed by atoms with Gasteiger partial charge < -0.3 is 15.4 Å². The number of thioether (sulfide) groups is 1. The third-order valence-electron chi connectivity index (χ3n) is 2.71. The van der Waals surface area contributed by atoms with Crippen molar-refractivity contribution in [3.8, 4) is 5.75 Å². The molecule has 17 heavy (non-hydrogen) atoms. The number of nitrogens with two attached hydrogens (primary N) is 1. The molecule has 0 fully saturated rings. The SMILES string of the molecule is CSCCN1C(=O)C(C)Oc2cc(N)ccc21. The van der Waals surface area contributed by atoms with Crippen molar-refractivity contribution in [1.82, 2.24) is 0 Å². The van der Waals surface area contributed by atoms with Gasteiger partial charge in [0.25, 0.3) is 5.91 Å². The third kappa shape index (κ3) is 2.34. The highest BCUT2D eigenvalue weighted by Crippen LogP contribution is 2.35. The number of carbonyl (C=O) groups is 1. The number of carbonyl (C=O) groups excluding carboxylic acids is 1. The second kappa shape index (κ2) is 4.87. The highest BCUT2D eigenvalue weighted by molar-refractivity contribution is 7.98. The molecule has 4 nitrogen and oxygen atoms in total. The van der Waals surface area contributed by atoms with Crippen LogP contribution in [0.1, 0.15) is 6.92 Å². The first-order valence-electron chi connectivity index (χ1n) is 5.50. The molecule has 1 aromatic rings. The number of anilines is 2. The van der Waals surface area contributed by atoms with Gasteiger partial charge in [-0.2, -0.15) is 11.8 Å². The second-order valence-electron chi connectivity index (χ2n) is 3.97. The molecular formula is C12H16N2O2S. The molecule has 1 amide bonds. The zero-order chi connectivity index (χ0) is 12.4. The monoisotopic (exact) mass is 252 g/mol. The topological polar surface area (TPSA) is 55.6 Å². The Hall–Kier alpha value is -1.36. The molecule has 1 heterocycles. The van der Waals surface area contributed by atoms with E-state index < -0.39 is 6.10 Å². The molecule has 92 valence electrons. The van der Waals surface area contributed by atoms with Crippen molar-refractivity contribution in [2.45, 2.75) is 13.0 Å². The zero-order valence-corrected chi connectivity index (χ0v) is 10.8. The fourth-order valence-corrected chi connectivity index (χ4v) is 2.21. The summed E-state index contributed by atoms with van der Waals surface area (Å²) in [4.78, 5) is 13.8. The first kappa shape index (κ1) is 12.1. The summed E-state index contributed by atoms with van der Waals surface area (Å²) in [6, 6.07) is 5.40. The molecule has 0 saturated carbocycles. The first-order valence-corrected chi connectivity index (χ1v) is 6.89. The van der Waals surface area contributed by atoms with E-state index in [1.807, 2.05) is 12.3 Å². The molecule has 0 aromatic heterocycles. The lowest BCUT2D eigenvalue weighted by Gasteiger charge is -2.33. The highest BCUT2D eigenvalue weighted by atomic mass is 32.2. The second-order valence-corrected chi connectivity index (χ2v) is 4.96. The van der Waals surface area contributed by atoms with Crippen molar-refractivity contribution in [3.05, 3.63) is 18.2 Å². The van der Waals surface area contributed by atoms with Crippen LogP contribution in [0.25, 0.3) is 0 Å². The summed E-state index contributed by atoms with van der Waals surface area (Å²) in [6.45, 7) is 2.46. The Bertz CT molecular complexity index is 437. The Kier molecular flexibility index (Phi) is 3.47. The molecule has 1 aliphatic heterocycles. The van der Waals surface area contributed by atoms with E-state index >= 15 is 0 Å². The van der Waals surface area contributed by atoms with Gasteiger partial charge in [-0.05, 0) is 25.3 Å². The van der Waals surface area contributed by atoms with Crippen LogP contribution in [0.15, 0.2) is 18.2 Å². The minimum absolute atomic E-state index is 0.0105. The molecule has 0 saturated heterocycles. The van der Waals surface area contributed by atoms with Crippen molar-refractivity contribution in [1.29, 1.82) is 0 Å². The minimum Gasteiger partial charge on any atom is -0.479 e. The molecule has 1 atom stereocenters. The van der Waals surface area contributed by atoms with Gasteiger partial charge in [-0.3, -0.25) is 4.79 Å². The number of hydrogen-bond acceptors (Lipinski definition) is 4. The van der Waals surface area contributed by atoms with Gasteiger partial charge in [-0.15, -0.1) is 0 Å². The van der Waals surface area contributed by atoms with Gasteiger partial charge in [0.2, 0.25) is 0 Å². The van der Waals surface area contributed by atoms with Crippen LogP contribution in [0, 0.1) is 0 Å². The molecule has 1 unspecified atom stereocenters. The molecule has 0 aliphatic carbocycles. The van der Waals surface area contributed by atoms with E-state index in [2.05, 4.69) is 0 Å². The Balaban J connectivity index is 2.34. The maximum absolute atomic E-state index is 12.0. The summed E-state index contributed by atoms with van der Waals surface area (Å²) < 4.78 is 5.56. The summed E-state index contributed by atoms with van der Waals surface area (Å²) in [7, 11) is 0. The van der Waals surface area contributed by atoms with E-state index in [1.165, 1.54) is 0 Å². The van der Waals surface area contributed by atoms with E-state index in [0.717, 1.165) is 11.4 Å². The van der Waals surface area contributed by atoms with Gasteiger partial charge in [0.1, 0.15) is 5.75 Å². The molecule has 1 aliphatic rings. The zero-order valence-electron chi connectivity index (χ0n) is 9.97. The number of nitrogen functional groups attached to an aromatic ring is 1. The average Bonchev–Trinajstić information content (AvgIpc) is 2.30. The number of nitrogens with zero attached hydrogens (tertiary/aromatic N) is 1. The Morgan fingerprint density at radius 3 is 3.00 bits per heavy atom. The van der Waals surface area contributed by atoms with Crippen LogP contribution in [0.5, 0.6) is 5.75 Å². The molecule has 5 heteroatoms. The fraction of sp³-hybridized carbons (Fsp3) is 0.417. The largest absolute Gasteiger partial charge is 0.479 e. The normalized spacial score (nSPS) is 18.8. The van der Waals surface area contributed by atoms with Gasteiger partial charge in [-0.25, -0.2) is 0 Å². The van der Waals surface area contributed by atoms with E-state index in [9.17, 15) is 4.79 Å². The predicted molar refractivity (Wildman–Crippen MR) is 71.7 cm³/mol. The summed E-state index contributed by atoms with van der Waals surface area (Å²) in [5.74, 6) is 1.61. The van der Waals surface area contributed by atoms with Gasteiger partial charge in [0, 0.05) is 24.1 Å². The Labute approximate surface area is 105 Å². The van der Waals surface area contributed by atoms with Crippen LogP contribution in [-0.4, -0.2) is 30.6 Å². The predicted octanol–water partition coefficient (Wildman–Crippen LogP) is 1.75. The Morgan fingerprint density at radius 2 is 2.29 bits per heavy atom. The van der Waals surface area contributed by atoms with E-state index in [4.69, 9.17) is 10.5 Å². The van der Waals surface area contributed by atoms with E-state index in [1.54, 1.807) is 35.7 Å². The summed E-state index contributed by atoms with van der Waals surface area (Å²) in [6.07, 6.45) is 1.59. The number of ether oxygens (including phenoxy) is 1. The number of benzene rings is 1. The molecular weight excluding hydrogens is 236 g/mol. The fourth-order valence-electron chi connectivity index (χ4n) is 1.84. The maximum Gasteiger partial charge on any atom is 0.267 e. The molecule has 0 spiro atoms. The number of rotatable bonds is 3. The molecule has 1 aromatic carbocycles. The standard InChI is InChI=1S/C12H16N2O2S/c1-8-12(15)14(5-6-17-2)10-4-3-9(13)7-11(10)16-8/h3-4,7-8H,5-6,13H2,1-2H3. The first-order chi connectivity index (χ1) is 8.13. The van der Waals surface area contributed by atoms with Crippen molar-refractivity contribution >= 4 is 29.0 Å². The van der Waals surface area contributed by atoms with Gasteiger partial charge in [0.15, 0.2) is 6.10 Å². The summed E-state index contributed by atoms with van der Waals surface area (Å²) in [5, 5.41) is 0. The van der Waals surface area contributed by atoms with Gasteiger partial charge in [0.05, 0.1) is 5.69 Å². The van der Waals surface area contributed by atoms with Gasteiger partial charge in [-0.1, -0.05) is 0 Å². The summed E-state index contributed by atoms with van der Waals surface area (Å²) in [5.41, 5.74) is 7.18. The third-order valence-corrected chi connectivity index (χ3v) is 3.30. The van der Waals surface area contributed by atoms with Crippen LogP contribution in [0.4, 0.5) is 11.4 Å². The Morgan fingerprint density at radius 1 is 1.53 bits per heavy atom. The van der Waals surface area contributed by atoms with Crippen molar-refractivity contribution in [2.75, 3.05) is 29.2 Å². The molecule has 0 bridgehead atoms. The van der Waals surface area contributed by atoms with Crippen LogP contribution < -0.4 is 15.4 Å². The van der Waals surface area contributed by atoms with Crippen LogP contribution >= 0.6 is 11.8 Å². The minimum atomic E-state index is -0.439. The van der Waals surface area contributed by atoms with Crippen molar-refractivity contribution in [2.24, 2.45) is 0 Å². The number of hydrogen-bond donors (Lipinski definition) is 1. The lowest BCUT2D eigenvalue weighted by molar-refractivity contribution is -0.125. The quantitative estimate of drug-likeness (QED) is 0.833. The van der Waals surface area contributed by atoms with Crippen molar-refractivity contribution < 1.29 is 9.53 Å². The van der Waals surface area contributed by atoms with E-state index in [0.29, 0.717) is 18.0 Å². The number of fused-ring (bicyclic) bond motifs is 1. The number of amides is 1. The van der Waals surface area contributed by atoms with Crippen LogP contribution in [0.3, 0.4) is 0 Å².